The number of primary amides is 1. The summed E-state index contributed by atoms with van der Waals surface area (Å²) >= 11 is 3.26. The molecule has 0 radical (unpaired) electrons. The predicted octanol–water partition coefficient (Wildman–Crippen LogP) is 1.22. The topological polar surface area (TPSA) is 83.7 Å². The lowest BCUT2D eigenvalue weighted by Gasteiger charge is -2.21. The summed E-state index contributed by atoms with van der Waals surface area (Å²) in [6.07, 6.45) is 0.576. The predicted molar refractivity (Wildman–Crippen MR) is 78.7 cm³/mol. The van der Waals surface area contributed by atoms with Gasteiger partial charge in [0, 0.05) is 30.7 Å². The molecule has 8 heteroatoms. The SMILES string of the molecule is NC(=O)N1CCCN(S(=O)(=O)c2ccccc2Br)CC1. The molecule has 0 atom stereocenters. The Hall–Kier alpha value is -1.12. The van der Waals surface area contributed by atoms with Crippen LogP contribution in [0.5, 0.6) is 0 Å². The Morgan fingerprint density at radius 3 is 2.50 bits per heavy atom. The van der Waals surface area contributed by atoms with Gasteiger partial charge in [-0.3, -0.25) is 0 Å². The standard InChI is InChI=1S/C12H16BrN3O3S/c13-10-4-1-2-5-11(10)20(18,19)16-7-3-6-15(8-9-16)12(14)17/h1-2,4-5H,3,6-9H2,(H2,14,17). The van der Waals surface area contributed by atoms with Crippen molar-refractivity contribution < 1.29 is 13.2 Å². The van der Waals surface area contributed by atoms with Crippen molar-refractivity contribution in [2.24, 2.45) is 5.73 Å². The normalized spacial score (nSPS) is 17.8. The van der Waals surface area contributed by atoms with Gasteiger partial charge in [-0.25, -0.2) is 13.2 Å². The van der Waals surface area contributed by atoms with Gasteiger partial charge in [-0.1, -0.05) is 12.1 Å². The molecule has 1 saturated heterocycles. The molecule has 1 heterocycles. The maximum atomic E-state index is 12.6. The van der Waals surface area contributed by atoms with Gasteiger partial charge in [-0.2, -0.15) is 4.31 Å². The van der Waals surface area contributed by atoms with Crippen molar-refractivity contribution >= 4 is 32.0 Å². The van der Waals surface area contributed by atoms with Crippen molar-refractivity contribution in [3.8, 4) is 0 Å². The first-order valence-corrected chi connectivity index (χ1v) is 8.45. The van der Waals surface area contributed by atoms with Gasteiger partial charge >= 0.3 is 6.03 Å². The zero-order chi connectivity index (χ0) is 14.8. The lowest BCUT2D eigenvalue weighted by molar-refractivity contribution is 0.210. The third-order valence-electron chi connectivity index (χ3n) is 3.22. The Bertz CT molecular complexity index is 606. The number of urea groups is 1. The third-order valence-corrected chi connectivity index (χ3v) is 6.13. The summed E-state index contributed by atoms with van der Waals surface area (Å²) in [6, 6.07) is 6.20. The van der Waals surface area contributed by atoms with Crippen LogP contribution in [0, 0.1) is 0 Å². The van der Waals surface area contributed by atoms with Crippen LogP contribution in [0.25, 0.3) is 0 Å². The van der Waals surface area contributed by atoms with E-state index in [9.17, 15) is 13.2 Å². The van der Waals surface area contributed by atoms with E-state index < -0.39 is 16.1 Å². The fourth-order valence-corrected chi connectivity index (χ4v) is 4.58. The first-order chi connectivity index (χ1) is 9.43. The van der Waals surface area contributed by atoms with E-state index in [-0.39, 0.29) is 11.4 Å². The molecule has 0 aromatic heterocycles. The number of hydrogen-bond acceptors (Lipinski definition) is 3. The highest BCUT2D eigenvalue weighted by atomic mass is 79.9. The summed E-state index contributed by atoms with van der Waals surface area (Å²) in [5, 5.41) is 0. The number of halogens is 1. The van der Waals surface area contributed by atoms with Crippen LogP contribution in [-0.2, 0) is 10.0 Å². The lowest BCUT2D eigenvalue weighted by Crippen LogP contribution is -2.39. The summed E-state index contributed by atoms with van der Waals surface area (Å²) in [5.41, 5.74) is 5.24. The maximum absolute atomic E-state index is 12.6. The fraction of sp³-hybridized carbons (Fsp3) is 0.417. The van der Waals surface area contributed by atoms with E-state index in [0.717, 1.165) is 0 Å². The Balaban J connectivity index is 2.23. The van der Waals surface area contributed by atoms with Crippen LogP contribution in [-0.4, -0.2) is 49.8 Å². The molecule has 1 aliphatic rings. The van der Waals surface area contributed by atoms with E-state index in [2.05, 4.69) is 15.9 Å². The van der Waals surface area contributed by atoms with Crippen molar-refractivity contribution in [2.45, 2.75) is 11.3 Å². The molecule has 0 saturated carbocycles. The van der Waals surface area contributed by atoms with Gasteiger partial charge in [0.1, 0.15) is 0 Å². The Labute approximate surface area is 126 Å². The van der Waals surface area contributed by atoms with Gasteiger partial charge in [-0.15, -0.1) is 0 Å². The van der Waals surface area contributed by atoms with E-state index in [0.29, 0.717) is 30.5 Å². The molecule has 1 aromatic carbocycles. The van der Waals surface area contributed by atoms with Crippen molar-refractivity contribution in [1.82, 2.24) is 9.21 Å². The maximum Gasteiger partial charge on any atom is 0.314 e. The highest BCUT2D eigenvalue weighted by Gasteiger charge is 2.28. The largest absolute Gasteiger partial charge is 0.351 e. The van der Waals surface area contributed by atoms with Crippen molar-refractivity contribution in [2.75, 3.05) is 26.2 Å². The Morgan fingerprint density at radius 2 is 1.85 bits per heavy atom. The molecule has 2 rings (SSSR count). The molecule has 1 fully saturated rings. The second kappa shape index (κ2) is 6.11. The molecular weight excluding hydrogens is 346 g/mol. The van der Waals surface area contributed by atoms with Gasteiger partial charge in [-0.05, 0) is 34.5 Å². The Kier molecular flexibility index (Phi) is 4.66. The molecule has 0 bridgehead atoms. The average Bonchev–Trinajstić information content (AvgIpc) is 2.65. The number of hydrogen-bond donors (Lipinski definition) is 1. The van der Waals surface area contributed by atoms with Crippen molar-refractivity contribution in [3.05, 3.63) is 28.7 Å². The van der Waals surface area contributed by atoms with Crippen LogP contribution in [0.15, 0.2) is 33.6 Å². The number of carbonyl (C=O) groups excluding carboxylic acids is 1. The van der Waals surface area contributed by atoms with Gasteiger partial charge in [0.05, 0.1) is 4.90 Å². The Morgan fingerprint density at radius 1 is 1.15 bits per heavy atom. The lowest BCUT2D eigenvalue weighted by atomic mass is 10.4. The molecule has 0 aliphatic carbocycles. The number of sulfonamides is 1. The van der Waals surface area contributed by atoms with Gasteiger partial charge < -0.3 is 10.6 Å². The first kappa shape index (κ1) is 15.3. The first-order valence-electron chi connectivity index (χ1n) is 6.22. The molecule has 2 amide bonds. The van der Waals surface area contributed by atoms with E-state index >= 15 is 0 Å². The minimum atomic E-state index is -3.56. The average molecular weight is 362 g/mol. The quantitative estimate of drug-likeness (QED) is 0.859. The summed E-state index contributed by atoms with van der Waals surface area (Å²) in [7, 11) is -3.56. The highest BCUT2D eigenvalue weighted by molar-refractivity contribution is 9.10. The fourth-order valence-electron chi connectivity index (χ4n) is 2.15. The van der Waals surface area contributed by atoms with Crippen LogP contribution >= 0.6 is 15.9 Å². The van der Waals surface area contributed by atoms with Crippen LogP contribution in [0.1, 0.15) is 6.42 Å². The number of nitrogens with two attached hydrogens (primary N) is 1. The van der Waals surface area contributed by atoms with Crippen molar-refractivity contribution in [1.29, 1.82) is 0 Å². The summed E-state index contributed by atoms with van der Waals surface area (Å²) in [6.45, 7) is 1.44. The number of carbonyl (C=O) groups is 1. The highest BCUT2D eigenvalue weighted by Crippen LogP contribution is 2.25. The minimum Gasteiger partial charge on any atom is -0.351 e. The van der Waals surface area contributed by atoms with Crippen LogP contribution in [0.4, 0.5) is 4.79 Å². The van der Waals surface area contributed by atoms with E-state index in [1.807, 2.05) is 0 Å². The number of nitrogens with zero attached hydrogens (tertiary/aromatic N) is 2. The van der Waals surface area contributed by atoms with Gasteiger partial charge in [0.15, 0.2) is 0 Å². The molecular formula is C12H16BrN3O3S. The van der Waals surface area contributed by atoms with E-state index in [4.69, 9.17) is 5.73 Å². The van der Waals surface area contributed by atoms with Crippen molar-refractivity contribution in [3.63, 3.8) is 0 Å². The molecule has 20 heavy (non-hydrogen) atoms. The van der Waals surface area contributed by atoms with Crippen LogP contribution in [0.2, 0.25) is 0 Å². The van der Waals surface area contributed by atoms with Crippen LogP contribution < -0.4 is 5.73 Å². The number of rotatable bonds is 2. The van der Waals surface area contributed by atoms with Crippen LogP contribution in [0.3, 0.4) is 0 Å². The number of benzene rings is 1. The zero-order valence-electron chi connectivity index (χ0n) is 10.8. The van der Waals surface area contributed by atoms with Gasteiger partial charge in [0.25, 0.3) is 0 Å². The zero-order valence-corrected chi connectivity index (χ0v) is 13.2. The molecule has 1 aliphatic heterocycles. The molecule has 110 valence electrons. The molecule has 2 N–H and O–H groups in total. The second-order valence-electron chi connectivity index (χ2n) is 4.51. The number of amides is 2. The molecule has 0 unspecified atom stereocenters. The van der Waals surface area contributed by atoms with E-state index in [1.165, 1.54) is 9.21 Å². The summed E-state index contributed by atoms with van der Waals surface area (Å²) in [4.78, 5) is 12.9. The second-order valence-corrected chi connectivity index (χ2v) is 7.27. The monoisotopic (exact) mass is 361 g/mol. The summed E-state index contributed by atoms with van der Waals surface area (Å²) < 4.78 is 27.1. The smallest absolute Gasteiger partial charge is 0.314 e. The third kappa shape index (κ3) is 3.13. The molecule has 6 nitrogen and oxygen atoms in total. The molecule has 0 spiro atoms. The van der Waals surface area contributed by atoms with Gasteiger partial charge in [0.2, 0.25) is 10.0 Å². The minimum absolute atomic E-state index is 0.243. The molecule has 1 aromatic rings. The summed E-state index contributed by atoms with van der Waals surface area (Å²) in [5.74, 6) is 0. The van der Waals surface area contributed by atoms with E-state index in [1.54, 1.807) is 24.3 Å².